The summed E-state index contributed by atoms with van der Waals surface area (Å²) in [5.74, 6) is -0.0590. The van der Waals surface area contributed by atoms with Crippen LogP contribution in [0.2, 0.25) is 5.02 Å². The first-order valence-corrected chi connectivity index (χ1v) is 9.19. The van der Waals surface area contributed by atoms with Gasteiger partial charge in [0.05, 0.1) is 22.5 Å². The first-order chi connectivity index (χ1) is 13.4. The molecule has 3 N–H and O–H groups in total. The van der Waals surface area contributed by atoms with E-state index in [1.807, 2.05) is 0 Å². The number of fused-ring (bicyclic) bond motifs is 1. The van der Waals surface area contributed by atoms with E-state index in [1.54, 1.807) is 12.3 Å². The monoisotopic (exact) mass is 397 g/mol. The smallest absolute Gasteiger partial charge is 0.252 e. The number of aromatic nitrogens is 3. The number of rotatable bonds is 4. The first-order valence-electron chi connectivity index (χ1n) is 8.81. The number of nitrogens with zero attached hydrogens (tertiary/aromatic N) is 3. The van der Waals surface area contributed by atoms with Gasteiger partial charge in [-0.1, -0.05) is 18.5 Å². The molecule has 0 saturated heterocycles. The van der Waals surface area contributed by atoms with Crippen LogP contribution in [0.25, 0.3) is 11.4 Å². The highest BCUT2D eigenvalue weighted by atomic mass is 35.5. The summed E-state index contributed by atoms with van der Waals surface area (Å²) in [5.41, 5.74) is 8.22. The molecule has 0 aliphatic heterocycles. The number of benzene rings is 1. The fourth-order valence-corrected chi connectivity index (χ4v) is 3.61. The second-order valence-corrected chi connectivity index (χ2v) is 7.17. The first kappa shape index (κ1) is 18.3. The molecule has 1 atom stereocenters. The molecular formula is C20H17ClFN5O. The molecule has 1 amide bonds. The third-order valence-corrected chi connectivity index (χ3v) is 5.08. The molecule has 0 spiro atoms. The largest absolute Gasteiger partial charge is 0.365 e. The number of hydrogen-bond donors (Lipinski definition) is 2. The van der Waals surface area contributed by atoms with Crippen LogP contribution in [-0.2, 0) is 6.42 Å². The number of hydrogen-bond acceptors (Lipinski definition) is 5. The predicted octanol–water partition coefficient (Wildman–Crippen LogP) is 4.22. The van der Waals surface area contributed by atoms with Crippen molar-refractivity contribution in [2.24, 2.45) is 5.73 Å². The van der Waals surface area contributed by atoms with Crippen LogP contribution in [0, 0.1) is 5.82 Å². The molecule has 142 valence electrons. The van der Waals surface area contributed by atoms with Gasteiger partial charge in [-0.2, -0.15) is 0 Å². The van der Waals surface area contributed by atoms with Crippen molar-refractivity contribution in [3.05, 3.63) is 64.3 Å². The van der Waals surface area contributed by atoms with E-state index in [1.165, 1.54) is 24.4 Å². The summed E-state index contributed by atoms with van der Waals surface area (Å²) < 4.78 is 14.4. The number of nitrogens with one attached hydrogen (secondary N) is 1. The Morgan fingerprint density at radius 3 is 2.93 bits per heavy atom. The summed E-state index contributed by atoms with van der Waals surface area (Å²) in [4.78, 5) is 24.8. The molecule has 3 aromatic rings. The molecule has 6 nitrogen and oxygen atoms in total. The Labute approximate surface area is 166 Å². The Bertz CT molecular complexity index is 1090. The minimum atomic E-state index is -0.601. The van der Waals surface area contributed by atoms with Crippen LogP contribution >= 0.6 is 11.6 Å². The molecule has 1 aromatic carbocycles. The quantitative estimate of drug-likeness (QED) is 0.687. The number of aryl methyl sites for hydroxylation is 1. The van der Waals surface area contributed by atoms with Gasteiger partial charge >= 0.3 is 0 Å². The summed E-state index contributed by atoms with van der Waals surface area (Å²) >= 11 is 6.04. The third kappa shape index (κ3) is 3.29. The molecular weight excluding hydrogens is 381 g/mol. The number of carbonyl (C=O) groups is 1. The highest BCUT2D eigenvalue weighted by Crippen LogP contribution is 2.39. The lowest BCUT2D eigenvalue weighted by molar-refractivity contribution is 0.100. The normalized spacial score (nSPS) is 15.3. The standard InChI is InChI=1S/C20H17ClFN5O/c1-10-2-5-16-17(10)20(25-15-6-7-24-9-13(15)18(23)28)27-19(26-16)12-8-11(21)3-4-14(12)22/h3-4,6-10H,2,5H2,1H3,(H2,23,28)(H,24,25,26,27). The highest BCUT2D eigenvalue weighted by Gasteiger charge is 2.27. The summed E-state index contributed by atoms with van der Waals surface area (Å²) in [6.07, 6.45) is 4.63. The van der Waals surface area contributed by atoms with Crippen molar-refractivity contribution in [1.82, 2.24) is 15.0 Å². The van der Waals surface area contributed by atoms with E-state index in [4.69, 9.17) is 17.3 Å². The Balaban J connectivity index is 1.86. The topological polar surface area (TPSA) is 93.8 Å². The Kier molecular flexibility index (Phi) is 4.68. The minimum absolute atomic E-state index is 0.225. The van der Waals surface area contributed by atoms with Gasteiger partial charge in [-0.25, -0.2) is 14.4 Å². The van der Waals surface area contributed by atoms with Crippen LogP contribution in [0.4, 0.5) is 15.9 Å². The van der Waals surface area contributed by atoms with Crippen molar-refractivity contribution in [3.8, 4) is 11.4 Å². The summed E-state index contributed by atoms with van der Waals surface area (Å²) in [7, 11) is 0. The van der Waals surface area contributed by atoms with Crippen LogP contribution in [0.15, 0.2) is 36.7 Å². The molecule has 0 saturated carbocycles. The van der Waals surface area contributed by atoms with E-state index in [0.29, 0.717) is 16.5 Å². The van der Waals surface area contributed by atoms with Gasteiger partial charge in [0, 0.05) is 23.0 Å². The van der Waals surface area contributed by atoms with Gasteiger partial charge in [-0.15, -0.1) is 0 Å². The Morgan fingerprint density at radius 2 is 2.14 bits per heavy atom. The van der Waals surface area contributed by atoms with Gasteiger partial charge in [0.15, 0.2) is 5.82 Å². The van der Waals surface area contributed by atoms with Crippen molar-refractivity contribution in [3.63, 3.8) is 0 Å². The minimum Gasteiger partial charge on any atom is -0.365 e. The van der Waals surface area contributed by atoms with Gasteiger partial charge in [-0.3, -0.25) is 9.78 Å². The molecule has 2 heterocycles. The molecule has 0 fully saturated rings. The van der Waals surface area contributed by atoms with Gasteiger partial charge in [-0.05, 0) is 43.0 Å². The number of carbonyl (C=O) groups excluding carboxylic acids is 1. The predicted molar refractivity (Wildman–Crippen MR) is 105 cm³/mol. The number of nitrogens with two attached hydrogens (primary N) is 1. The molecule has 8 heteroatoms. The van der Waals surface area contributed by atoms with Crippen LogP contribution < -0.4 is 11.1 Å². The number of anilines is 2. The van der Waals surface area contributed by atoms with Crippen LogP contribution in [0.1, 0.15) is 40.9 Å². The van der Waals surface area contributed by atoms with Crippen molar-refractivity contribution < 1.29 is 9.18 Å². The number of amides is 1. The molecule has 1 aliphatic carbocycles. The summed E-state index contributed by atoms with van der Waals surface area (Å²) in [6.45, 7) is 2.08. The van der Waals surface area contributed by atoms with Crippen LogP contribution in [0.3, 0.4) is 0 Å². The average Bonchev–Trinajstić information content (AvgIpc) is 3.05. The lowest BCUT2D eigenvalue weighted by atomic mass is 10.1. The van der Waals surface area contributed by atoms with E-state index in [9.17, 15) is 9.18 Å². The van der Waals surface area contributed by atoms with E-state index < -0.39 is 11.7 Å². The van der Waals surface area contributed by atoms with E-state index in [-0.39, 0.29) is 22.9 Å². The lowest BCUT2D eigenvalue weighted by Crippen LogP contribution is -2.14. The lowest BCUT2D eigenvalue weighted by Gasteiger charge is -2.16. The molecule has 2 aromatic heterocycles. The molecule has 1 aliphatic rings. The maximum Gasteiger partial charge on any atom is 0.252 e. The van der Waals surface area contributed by atoms with E-state index >= 15 is 0 Å². The molecule has 0 radical (unpaired) electrons. The van der Waals surface area contributed by atoms with Crippen molar-refractivity contribution in [1.29, 1.82) is 0 Å². The van der Waals surface area contributed by atoms with Crippen LogP contribution in [0.5, 0.6) is 0 Å². The number of halogens is 2. The number of pyridine rings is 1. The summed E-state index contributed by atoms with van der Waals surface area (Å²) in [5, 5.41) is 3.58. The SMILES string of the molecule is CC1CCc2nc(-c3cc(Cl)ccc3F)nc(Nc3ccncc3C(N)=O)c21. The second kappa shape index (κ2) is 7.16. The van der Waals surface area contributed by atoms with Crippen molar-refractivity contribution in [2.75, 3.05) is 5.32 Å². The van der Waals surface area contributed by atoms with Gasteiger partial charge in [0.1, 0.15) is 11.6 Å². The van der Waals surface area contributed by atoms with Crippen LogP contribution in [-0.4, -0.2) is 20.9 Å². The molecule has 28 heavy (non-hydrogen) atoms. The van der Waals surface area contributed by atoms with Gasteiger partial charge in [0.2, 0.25) is 0 Å². The summed E-state index contributed by atoms with van der Waals surface area (Å²) in [6, 6.07) is 5.92. The molecule has 4 rings (SSSR count). The maximum atomic E-state index is 14.4. The molecule has 1 unspecified atom stereocenters. The fourth-order valence-electron chi connectivity index (χ4n) is 3.43. The highest BCUT2D eigenvalue weighted by molar-refractivity contribution is 6.30. The Morgan fingerprint density at radius 1 is 1.32 bits per heavy atom. The number of primary amides is 1. The second-order valence-electron chi connectivity index (χ2n) is 6.73. The van der Waals surface area contributed by atoms with Gasteiger partial charge < -0.3 is 11.1 Å². The van der Waals surface area contributed by atoms with Crippen molar-refractivity contribution in [2.45, 2.75) is 25.7 Å². The van der Waals surface area contributed by atoms with E-state index in [2.05, 4.69) is 27.2 Å². The third-order valence-electron chi connectivity index (χ3n) is 4.84. The maximum absolute atomic E-state index is 14.4. The van der Waals surface area contributed by atoms with Crippen molar-refractivity contribution >= 4 is 29.0 Å². The zero-order chi connectivity index (χ0) is 19.8. The Hall–Kier alpha value is -3.06. The van der Waals surface area contributed by atoms with E-state index in [0.717, 1.165) is 24.1 Å². The zero-order valence-corrected chi connectivity index (χ0v) is 15.8. The van der Waals surface area contributed by atoms with Gasteiger partial charge in [0.25, 0.3) is 5.91 Å². The fraction of sp³-hybridized carbons (Fsp3) is 0.200. The average molecular weight is 398 g/mol. The molecule has 0 bridgehead atoms. The zero-order valence-electron chi connectivity index (χ0n) is 15.0.